The van der Waals surface area contributed by atoms with Gasteiger partial charge in [0, 0.05) is 10.5 Å². The van der Waals surface area contributed by atoms with E-state index in [9.17, 15) is 14.9 Å². The van der Waals surface area contributed by atoms with Crippen molar-refractivity contribution in [1.29, 1.82) is 0 Å². The molecule has 3 aromatic rings. The number of nitro benzene ring substituents is 1. The zero-order valence-electron chi connectivity index (χ0n) is 14.4. The molecular weight excluding hydrogens is 430 g/mol. The van der Waals surface area contributed by atoms with Crippen LogP contribution in [0.3, 0.4) is 0 Å². The molecular formula is C19H14BrN3O5. The highest BCUT2D eigenvalue weighted by atomic mass is 79.9. The number of nitrogens with one attached hydrogen (secondary N) is 1. The van der Waals surface area contributed by atoms with E-state index in [0.717, 1.165) is 0 Å². The lowest BCUT2D eigenvalue weighted by molar-refractivity contribution is -0.386. The van der Waals surface area contributed by atoms with Gasteiger partial charge in [0.05, 0.1) is 16.7 Å². The summed E-state index contributed by atoms with van der Waals surface area (Å²) in [4.78, 5) is 22.5. The molecule has 1 N–H and O–H groups in total. The number of hydrazone groups is 1. The van der Waals surface area contributed by atoms with E-state index in [1.165, 1.54) is 18.3 Å². The molecule has 28 heavy (non-hydrogen) atoms. The fourth-order valence-electron chi connectivity index (χ4n) is 2.28. The number of nitrogens with zero attached hydrogens (tertiary/aromatic N) is 2. The monoisotopic (exact) mass is 443 g/mol. The van der Waals surface area contributed by atoms with Gasteiger partial charge in [-0.15, -0.1) is 0 Å². The van der Waals surface area contributed by atoms with Crippen LogP contribution in [0.1, 0.15) is 21.9 Å². The van der Waals surface area contributed by atoms with Crippen LogP contribution in [-0.4, -0.2) is 17.0 Å². The Morgan fingerprint density at radius 1 is 1.18 bits per heavy atom. The Balaban J connectivity index is 1.57. The van der Waals surface area contributed by atoms with Gasteiger partial charge < -0.3 is 9.15 Å². The van der Waals surface area contributed by atoms with Crippen molar-refractivity contribution < 1.29 is 18.9 Å². The zero-order chi connectivity index (χ0) is 19.9. The van der Waals surface area contributed by atoms with Gasteiger partial charge in [0.2, 0.25) is 0 Å². The maximum absolute atomic E-state index is 12.0. The van der Waals surface area contributed by atoms with Crippen LogP contribution in [0.4, 0.5) is 5.69 Å². The molecule has 0 spiro atoms. The maximum atomic E-state index is 12.0. The number of furan rings is 1. The third-order valence-corrected chi connectivity index (χ3v) is 4.28. The van der Waals surface area contributed by atoms with E-state index in [1.807, 2.05) is 0 Å². The number of ether oxygens (including phenoxy) is 1. The number of halogens is 1. The molecule has 142 valence electrons. The summed E-state index contributed by atoms with van der Waals surface area (Å²) in [7, 11) is 0. The van der Waals surface area contributed by atoms with E-state index in [1.54, 1.807) is 48.5 Å². The third kappa shape index (κ3) is 4.83. The normalized spacial score (nSPS) is 10.8. The van der Waals surface area contributed by atoms with Crippen LogP contribution >= 0.6 is 15.9 Å². The molecule has 2 aromatic carbocycles. The zero-order valence-corrected chi connectivity index (χ0v) is 16.0. The lowest BCUT2D eigenvalue weighted by Gasteiger charge is -2.04. The van der Waals surface area contributed by atoms with E-state index in [2.05, 4.69) is 26.5 Å². The summed E-state index contributed by atoms with van der Waals surface area (Å²) in [6.45, 7) is 0.0159. The number of benzene rings is 2. The van der Waals surface area contributed by atoms with Crippen molar-refractivity contribution in [2.24, 2.45) is 5.10 Å². The highest BCUT2D eigenvalue weighted by Gasteiger charge is 2.14. The topological polar surface area (TPSA) is 107 Å². The fraction of sp³-hybridized carbons (Fsp3) is 0.0526. The molecule has 8 nitrogen and oxygen atoms in total. The highest BCUT2D eigenvalue weighted by Crippen LogP contribution is 2.26. The first-order valence-corrected chi connectivity index (χ1v) is 8.87. The third-order valence-electron chi connectivity index (χ3n) is 3.59. The minimum absolute atomic E-state index is 0.0159. The highest BCUT2D eigenvalue weighted by molar-refractivity contribution is 9.10. The van der Waals surface area contributed by atoms with E-state index in [0.29, 0.717) is 21.6 Å². The van der Waals surface area contributed by atoms with Gasteiger partial charge in [0.25, 0.3) is 5.91 Å². The first kappa shape index (κ1) is 19.3. The predicted molar refractivity (Wildman–Crippen MR) is 105 cm³/mol. The first-order valence-electron chi connectivity index (χ1n) is 8.07. The average Bonchev–Trinajstić information content (AvgIpc) is 3.14. The Kier molecular flexibility index (Phi) is 6.18. The Labute approximate surface area is 168 Å². The molecule has 3 rings (SSSR count). The summed E-state index contributed by atoms with van der Waals surface area (Å²) in [5, 5.41) is 14.8. The molecule has 1 aromatic heterocycles. The second-order valence-corrected chi connectivity index (χ2v) is 6.35. The summed E-state index contributed by atoms with van der Waals surface area (Å²) < 4.78 is 11.6. The number of rotatable bonds is 7. The van der Waals surface area contributed by atoms with Crippen molar-refractivity contribution in [1.82, 2.24) is 5.43 Å². The van der Waals surface area contributed by atoms with Gasteiger partial charge >= 0.3 is 5.69 Å². The number of carbonyl (C=O) groups is 1. The molecule has 0 unspecified atom stereocenters. The second kappa shape index (κ2) is 8.96. The Morgan fingerprint density at radius 3 is 2.71 bits per heavy atom. The number of carbonyl (C=O) groups excluding carboxylic acids is 1. The lowest BCUT2D eigenvalue weighted by atomic mass is 10.2. The SMILES string of the molecule is O=C(N/N=C/c1ccc(COc2ccccc2[N+](=O)[O-])o1)c1ccccc1Br. The van der Waals surface area contributed by atoms with Crippen LogP contribution in [0.15, 0.2) is 74.7 Å². The summed E-state index contributed by atoms with van der Waals surface area (Å²) in [6, 6.07) is 16.4. The van der Waals surface area contributed by atoms with Gasteiger partial charge in [-0.3, -0.25) is 14.9 Å². The largest absolute Gasteiger partial charge is 0.479 e. The maximum Gasteiger partial charge on any atom is 0.310 e. The standard InChI is InChI=1S/C19H14BrN3O5/c20-16-6-2-1-5-15(16)19(24)22-21-11-13-9-10-14(28-13)12-27-18-8-4-3-7-17(18)23(25)26/h1-11H,12H2,(H,22,24)/b21-11+. The molecule has 0 radical (unpaired) electrons. The molecule has 0 atom stereocenters. The quantitative estimate of drug-likeness (QED) is 0.332. The van der Waals surface area contributed by atoms with Crippen LogP contribution in [-0.2, 0) is 6.61 Å². The molecule has 1 amide bonds. The van der Waals surface area contributed by atoms with Crippen molar-refractivity contribution in [3.8, 4) is 5.75 Å². The van der Waals surface area contributed by atoms with Crippen molar-refractivity contribution in [2.75, 3.05) is 0 Å². The number of hydrogen-bond donors (Lipinski definition) is 1. The van der Waals surface area contributed by atoms with Crippen LogP contribution in [0.5, 0.6) is 5.75 Å². The van der Waals surface area contributed by atoms with Crippen LogP contribution in [0, 0.1) is 10.1 Å². The van der Waals surface area contributed by atoms with Gasteiger partial charge in [-0.05, 0) is 46.3 Å². The Hall–Kier alpha value is -3.46. The fourth-order valence-corrected chi connectivity index (χ4v) is 2.75. The van der Waals surface area contributed by atoms with Crippen LogP contribution < -0.4 is 10.2 Å². The van der Waals surface area contributed by atoms with Gasteiger partial charge in [0.15, 0.2) is 5.75 Å². The molecule has 0 aliphatic heterocycles. The molecule has 0 aliphatic carbocycles. The van der Waals surface area contributed by atoms with Gasteiger partial charge in [-0.2, -0.15) is 5.10 Å². The second-order valence-electron chi connectivity index (χ2n) is 5.50. The molecule has 0 bridgehead atoms. The number of hydrogen-bond acceptors (Lipinski definition) is 6. The summed E-state index contributed by atoms with van der Waals surface area (Å²) in [5.74, 6) is 0.639. The molecule has 0 saturated heterocycles. The van der Waals surface area contributed by atoms with E-state index in [-0.39, 0.29) is 24.0 Å². The van der Waals surface area contributed by atoms with Crippen LogP contribution in [0.25, 0.3) is 0 Å². The Bertz CT molecular complexity index is 1030. The van der Waals surface area contributed by atoms with E-state index < -0.39 is 4.92 Å². The number of nitro groups is 1. The summed E-state index contributed by atoms with van der Waals surface area (Å²) in [5.41, 5.74) is 2.75. The minimum atomic E-state index is -0.511. The summed E-state index contributed by atoms with van der Waals surface area (Å²) in [6.07, 6.45) is 1.35. The number of amides is 1. The van der Waals surface area contributed by atoms with Crippen molar-refractivity contribution in [3.63, 3.8) is 0 Å². The van der Waals surface area contributed by atoms with Gasteiger partial charge in [0.1, 0.15) is 18.1 Å². The first-order chi connectivity index (χ1) is 13.5. The van der Waals surface area contributed by atoms with Crippen molar-refractivity contribution >= 4 is 33.7 Å². The minimum Gasteiger partial charge on any atom is -0.479 e. The number of para-hydroxylation sites is 2. The molecule has 0 saturated carbocycles. The van der Waals surface area contributed by atoms with E-state index in [4.69, 9.17) is 9.15 Å². The molecule has 9 heteroatoms. The van der Waals surface area contributed by atoms with E-state index >= 15 is 0 Å². The van der Waals surface area contributed by atoms with Gasteiger partial charge in [-0.25, -0.2) is 5.43 Å². The summed E-state index contributed by atoms with van der Waals surface area (Å²) >= 11 is 3.30. The van der Waals surface area contributed by atoms with Crippen LogP contribution in [0.2, 0.25) is 0 Å². The Morgan fingerprint density at radius 2 is 1.93 bits per heavy atom. The predicted octanol–water partition coefficient (Wildman–Crippen LogP) is 4.29. The lowest BCUT2D eigenvalue weighted by Crippen LogP contribution is -2.17. The molecule has 0 aliphatic rings. The molecule has 1 heterocycles. The van der Waals surface area contributed by atoms with Crippen molar-refractivity contribution in [2.45, 2.75) is 6.61 Å². The van der Waals surface area contributed by atoms with Gasteiger partial charge in [-0.1, -0.05) is 24.3 Å². The smallest absolute Gasteiger partial charge is 0.310 e. The van der Waals surface area contributed by atoms with Crippen molar-refractivity contribution in [3.05, 3.63) is 92.3 Å². The molecule has 0 fully saturated rings. The average molecular weight is 444 g/mol.